The first-order chi connectivity index (χ1) is 9.34. The molecule has 0 bridgehead atoms. The maximum absolute atomic E-state index is 11.9. The summed E-state index contributed by atoms with van der Waals surface area (Å²) in [5.74, 6) is 0.639. The van der Waals surface area contributed by atoms with Crippen LogP contribution in [0.15, 0.2) is 0 Å². The van der Waals surface area contributed by atoms with E-state index in [1.165, 1.54) is 12.8 Å². The van der Waals surface area contributed by atoms with E-state index in [0.717, 1.165) is 26.1 Å². The van der Waals surface area contributed by atoms with Gasteiger partial charge in [-0.05, 0) is 39.5 Å². The summed E-state index contributed by atoms with van der Waals surface area (Å²) in [5.41, 5.74) is 5.21. The summed E-state index contributed by atoms with van der Waals surface area (Å²) in [7, 11) is 0. The lowest BCUT2D eigenvalue weighted by atomic mass is 9.90. The molecule has 2 unspecified atom stereocenters. The number of carbonyl (C=O) groups excluding carboxylic acids is 1. The van der Waals surface area contributed by atoms with Crippen molar-refractivity contribution in [2.45, 2.75) is 58.6 Å². The first kappa shape index (κ1) is 17.2. The van der Waals surface area contributed by atoms with Crippen LogP contribution in [0.4, 0.5) is 4.79 Å². The Hall–Kier alpha value is -0.810. The summed E-state index contributed by atoms with van der Waals surface area (Å²) in [4.78, 5) is 14.2. The smallest absolute Gasteiger partial charge is 0.407 e. The number of hydrogen-bond acceptors (Lipinski definition) is 4. The van der Waals surface area contributed by atoms with Crippen LogP contribution in [0.3, 0.4) is 0 Å². The predicted molar refractivity (Wildman–Crippen MR) is 81.7 cm³/mol. The van der Waals surface area contributed by atoms with Crippen molar-refractivity contribution < 1.29 is 9.53 Å². The topological polar surface area (TPSA) is 67.6 Å². The van der Waals surface area contributed by atoms with Gasteiger partial charge in [0, 0.05) is 32.2 Å². The summed E-state index contributed by atoms with van der Waals surface area (Å²) < 4.78 is 5.34. The Labute approximate surface area is 123 Å². The van der Waals surface area contributed by atoms with Gasteiger partial charge in [-0.3, -0.25) is 4.90 Å². The number of rotatable bonds is 5. The maximum atomic E-state index is 11.9. The highest BCUT2D eigenvalue weighted by Gasteiger charge is 2.28. The molecule has 20 heavy (non-hydrogen) atoms. The molecule has 2 atom stereocenters. The van der Waals surface area contributed by atoms with Crippen LogP contribution in [0.25, 0.3) is 0 Å². The molecular weight excluding hydrogens is 254 g/mol. The number of carbonyl (C=O) groups is 1. The average molecular weight is 285 g/mol. The minimum absolute atomic E-state index is 0.168. The van der Waals surface area contributed by atoms with E-state index in [0.29, 0.717) is 12.5 Å². The van der Waals surface area contributed by atoms with Crippen LogP contribution < -0.4 is 11.1 Å². The first-order valence-corrected chi connectivity index (χ1v) is 7.76. The van der Waals surface area contributed by atoms with Crippen molar-refractivity contribution in [1.82, 2.24) is 10.2 Å². The predicted octanol–water partition coefficient (Wildman–Crippen LogP) is 1.96. The van der Waals surface area contributed by atoms with E-state index in [1.54, 1.807) is 0 Å². The van der Waals surface area contributed by atoms with E-state index in [-0.39, 0.29) is 12.1 Å². The number of amides is 1. The fraction of sp³-hybridized carbons (Fsp3) is 0.933. The van der Waals surface area contributed by atoms with Crippen LogP contribution in [0, 0.1) is 5.92 Å². The lowest BCUT2D eigenvalue weighted by molar-refractivity contribution is 0.0447. The van der Waals surface area contributed by atoms with Crippen LogP contribution >= 0.6 is 0 Å². The van der Waals surface area contributed by atoms with E-state index in [2.05, 4.69) is 17.1 Å². The third kappa shape index (κ3) is 6.57. The number of nitrogens with one attached hydrogen (secondary N) is 1. The Morgan fingerprint density at radius 1 is 1.40 bits per heavy atom. The molecule has 0 radical (unpaired) electrons. The summed E-state index contributed by atoms with van der Waals surface area (Å²) in [6, 6.07) is 0.168. The third-order valence-electron chi connectivity index (χ3n) is 3.48. The number of nitrogens with zero attached hydrogens (tertiary/aromatic N) is 1. The molecule has 3 N–H and O–H groups in total. The van der Waals surface area contributed by atoms with Gasteiger partial charge in [-0.15, -0.1) is 0 Å². The molecule has 1 amide bonds. The summed E-state index contributed by atoms with van der Waals surface area (Å²) in [5, 5.41) is 3.01. The molecule has 1 aliphatic rings. The lowest BCUT2D eigenvalue weighted by Gasteiger charge is -2.38. The fourth-order valence-corrected chi connectivity index (χ4v) is 2.86. The van der Waals surface area contributed by atoms with Crippen molar-refractivity contribution in [3.8, 4) is 0 Å². The minimum Gasteiger partial charge on any atom is -0.444 e. The van der Waals surface area contributed by atoms with Crippen LogP contribution in [-0.4, -0.2) is 48.8 Å². The summed E-state index contributed by atoms with van der Waals surface area (Å²) in [6.45, 7) is 11.4. The zero-order valence-electron chi connectivity index (χ0n) is 13.4. The highest BCUT2D eigenvalue weighted by Crippen LogP contribution is 2.21. The highest BCUT2D eigenvalue weighted by molar-refractivity contribution is 5.68. The van der Waals surface area contributed by atoms with Gasteiger partial charge in [0.25, 0.3) is 0 Å². The standard InChI is InChI=1S/C15H31N3O2/c1-5-6-12-9-13(11-18(10-12)8-7-16)17-14(19)20-15(2,3)4/h12-13H,5-11,16H2,1-4H3,(H,17,19). The molecule has 1 heterocycles. The van der Waals surface area contributed by atoms with Gasteiger partial charge in [0.1, 0.15) is 5.60 Å². The Kier molecular flexibility index (Phi) is 6.76. The number of ether oxygens (including phenoxy) is 1. The lowest BCUT2D eigenvalue weighted by Crippen LogP contribution is -2.52. The number of alkyl carbamates (subject to hydrolysis) is 1. The Morgan fingerprint density at radius 3 is 2.65 bits per heavy atom. The largest absolute Gasteiger partial charge is 0.444 e. The highest BCUT2D eigenvalue weighted by atomic mass is 16.6. The molecule has 0 saturated carbocycles. The first-order valence-electron chi connectivity index (χ1n) is 7.76. The van der Waals surface area contributed by atoms with Gasteiger partial charge in [-0.2, -0.15) is 0 Å². The molecule has 0 aromatic rings. The van der Waals surface area contributed by atoms with Crippen molar-refractivity contribution in [3.63, 3.8) is 0 Å². The van der Waals surface area contributed by atoms with Crippen molar-refractivity contribution >= 4 is 6.09 Å². The second-order valence-electron chi connectivity index (χ2n) is 6.78. The fourth-order valence-electron chi connectivity index (χ4n) is 2.86. The van der Waals surface area contributed by atoms with E-state index >= 15 is 0 Å². The molecule has 5 heteroatoms. The molecule has 0 aromatic heterocycles. The molecular formula is C15H31N3O2. The molecule has 0 aliphatic carbocycles. The van der Waals surface area contributed by atoms with Gasteiger partial charge in [-0.25, -0.2) is 4.79 Å². The van der Waals surface area contributed by atoms with Crippen molar-refractivity contribution in [2.75, 3.05) is 26.2 Å². The second kappa shape index (κ2) is 7.84. The zero-order valence-corrected chi connectivity index (χ0v) is 13.4. The second-order valence-corrected chi connectivity index (χ2v) is 6.78. The van der Waals surface area contributed by atoms with Crippen molar-refractivity contribution in [3.05, 3.63) is 0 Å². The normalized spacial score (nSPS) is 24.4. The van der Waals surface area contributed by atoms with Crippen LogP contribution in [0.1, 0.15) is 47.0 Å². The molecule has 0 aromatic carbocycles. The zero-order chi connectivity index (χ0) is 15.2. The van der Waals surface area contributed by atoms with Gasteiger partial charge < -0.3 is 15.8 Å². The Balaban J connectivity index is 2.51. The van der Waals surface area contributed by atoms with Gasteiger partial charge in [0.05, 0.1) is 0 Å². The van der Waals surface area contributed by atoms with E-state index in [4.69, 9.17) is 10.5 Å². The molecule has 1 saturated heterocycles. The van der Waals surface area contributed by atoms with Gasteiger partial charge in [0.2, 0.25) is 0 Å². The third-order valence-corrected chi connectivity index (χ3v) is 3.48. The summed E-state index contributed by atoms with van der Waals surface area (Å²) in [6.07, 6.45) is 3.11. The Bertz CT molecular complexity index is 288. The number of likely N-dealkylation sites (tertiary alicyclic amines) is 1. The SMILES string of the molecule is CCCC1CC(NC(=O)OC(C)(C)C)CN(CCN)C1. The van der Waals surface area contributed by atoms with E-state index < -0.39 is 5.60 Å². The van der Waals surface area contributed by atoms with Crippen LogP contribution in [0.2, 0.25) is 0 Å². The van der Waals surface area contributed by atoms with Crippen LogP contribution in [0.5, 0.6) is 0 Å². The molecule has 118 valence electrons. The number of nitrogens with two attached hydrogens (primary N) is 1. The summed E-state index contributed by atoms with van der Waals surface area (Å²) >= 11 is 0. The van der Waals surface area contributed by atoms with Gasteiger partial charge in [0.15, 0.2) is 0 Å². The minimum atomic E-state index is -0.446. The van der Waals surface area contributed by atoms with Gasteiger partial charge in [-0.1, -0.05) is 13.3 Å². The van der Waals surface area contributed by atoms with Crippen molar-refractivity contribution in [1.29, 1.82) is 0 Å². The molecule has 5 nitrogen and oxygen atoms in total. The molecule has 0 spiro atoms. The Morgan fingerprint density at radius 2 is 2.10 bits per heavy atom. The van der Waals surface area contributed by atoms with Crippen molar-refractivity contribution in [2.24, 2.45) is 11.7 Å². The molecule has 1 aliphatic heterocycles. The molecule has 1 rings (SSSR count). The number of hydrogen-bond donors (Lipinski definition) is 2. The van der Waals surface area contributed by atoms with E-state index in [9.17, 15) is 4.79 Å². The van der Waals surface area contributed by atoms with Crippen LogP contribution in [-0.2, 0) is 4.74 Å². The maximum Gasteiger partial charge on any atom is 0.407 e. The van der Waals surface area contributed by atoms with Gasteiger partial charge >= 0.3 is 6.09 Å². The van der Waals surface area contributed by atoms with E-state index in [1.807, 2.05) is 20.8 Å². The molecule has 1 fully saturated rings. The number of piperidine rings is 1. The average Bonchev–Trinajstić information content (AvgIpc) is 2.26. The quantitative estimate of drug-likeness (QED) is 0.810. The monoisotopic (exact) mass is 285 g/mol.